The lowest BCUT2D eigenvalue weighted by Gasteiger charge is -2.25. The van der Waals surface area contributed by atoms with Gasteiger partial charge in [0.1, 0.15) is 11.7 Å². The van der Waals surface area contributed by atoms with E-state index in [2.05, 4.69) is 22.5 Å². The summed E-state index contributed by atoms with van der Waals surface area (Å²) in [5, 5.41) is 17.5. The molecule has 3 N–H and O–H groups in total. The first kappa shape index (κ1) is 42.4. The Labute approximate surface area is 330 Å². The van der Waals surface area contributed by atoms with E-state index < -0.39 is 49.4 Å². The molecule has 0 fully saturated rings. The lowest BCUT2D eigenvalue weighted by molar-refractivity contribution is -0.384. The summed E-state index contributed by atoms with van der Waals surface area (Å²) < 4.78 is 28.9. The second kappa shape index (κ2) is 21.0. The first-order chi connectivity index (χ1) is 26.4. The van der Waals surface area contributed by atoms with Crippen LogP contribution in [0, 0.1) is 27.9 Å². The van der Waals surface area contributed by atoms with E-state index in [9.17, 15) is 32.9 Å². The molecule has 0 saturated heterocycles. The van der Waals surface area contributed by atoms with Gasteiger partial charge >= 0.3 is 6.03 Å². The van der Waals surface area contributed by atoms with Gasteiger partial charge in [-0.1, -0.05) is 75.1 Å². The van der Waals surface area contributed by atoms with Crippen molar-refractivity contribution in [1.29, 1.82) is 0 Å². The lowest BCUT2D eigenvalue weighted by Crippen LogP contribution is -2.54. The number of thioether (sulfide) groups is 2. The maximum absolute atomic E-state index is 13.7. The van der Waals surface area contributed by atoms with Crippen molar-refractivity contribution in [1.82, 2.24) is 14.9 Å². The van der Waals surface area contributed by atoms with Crippen LogP contribution in [-0.2, 0) is 14.8 Å². The largest absolute Gasteiger partial charge is 0.379 e. The normalized spacial score (nSPS) is 11.5. The molecule has 55 heavy (non-hydrogen) atoms. The van der Waals surface area contributed by atoms with Crippen LogP contribution in [0.4, 0.5) is 16.2 Å². The number of urea groups is 1. The van der Waals surface area contributed by atoms with Gasteiger partial charge in [0.05, 0.1) is 9.82 Å². The van der Waals surface area contributed by atoms with Crippen LogP contribution in [0.25, 0.3) is 0 Å². The van der Waals surface area contributed by atoms with E-state index in [0.717, 1.165) is 27.5 Å². The van der Waals surface area contributed by atoms with E-state index in [0.29, 0.717) is 30.0 Å². The van der Waals surface area contributed by atoms with E-state index >= 15 is 0 Å². The van der Waals surface area contributed by atoms with Crippen LogP contribution in [0.3, 0.4) is 0 Å². The van der Waals surface area contributed by atoms with Crippen LogP contribution >= 0.6 is 23.5 Å². The number of carbonyl (C=O) groups is 3. The molecule has 4 aromatic carbocycles. The van der Waals surface area contributed by atoms with Crippen LogP contribution in [0.5, 0.6) is 0 Å². The maximum atomic E-state index is 13.7. The van der Waals surface area contributed by atoms with Crippen LogP contribution in [0.2, 0.25) is 0 Å². The van der Waals surface area contributed by atoms with Gasteiger partial charge in [-0.05, 0) is 72.7 Å². The molecule has 15 heteroatoms. The van der Waals surface area contributed by atoms with Gasteiger partial charge in [-0.15, -0.1) is 11.8 Å². The molecule has 0 spiro atoms. The molecule has 288 valence electrons. The van der Waals surface area contributed by atoms with Gasteiger partial charge in [0.25, 0.3) is 27.5 Å². The number of anilines is 1. The molecule has 0 bridgehead atoms. The smallest absolute Gasteiger partial charge is 0.325 e. The Balaban J connectivity index is 1.49. The maximum Gasteiger partial charge on any atom is 0.325 e. The van der Waals surface area contributed by atoms with Crippen LogP contribution in [0.15, 0.2) is 113 Å². The number of nitro groups is 1. The quantitative estimate of drug-likeness (QED) is 0.0332. The van der Waals surface area contributed by atoms with Gasteiger partial charge in [-0.2, -0.15) is 11.8 Å². The summed E-state index contributed by atoms with van der Waals surface area (Å²) >= 11 is 2.88. The zero-order chi connectivity index (χ0) is 39.8. The van der Waals surface area contributed by atoms with Gasteiger partial charge in [0.15, 0.2) is 0 Å². The van der Waals surface area contributed by atoms with Crippen molar-refractivity contribution in [2.75, 3.05) is 35.7 Å². The Kier molecular flexibility index (Phi) is 16.2. The molecular weight excluding hydrogens is 759 g/mol. The Hall–Kier alpha value is -5.30. The highest BCUT2D eigenvalue weighted by Gasteiger charge is 2.31. The highest BCUT2D eigenvalue weighted by atomic mass is 32.2. The minimum atomic E-state index is -4.63. The minimum absolute atomic E-state index is 0.00596. The summed E-state index contributed by atoms with van der Waals surface area (Å²) in [6.45, 7) is 6.11. The number of nitrogens with one attached hydrogen (secondary N) is 3. The zero-order valence-electron chi connectivity index (χ0n) is 30.7. The summed E-state index contributed by atoms with van der Waals surface area (Å²) in [6.07, 6.45) is 0.412. The molecule has 4 amide bonds. The molecule has 1 atom stereocenters. The third-order valence-corrected chi connectivity index (χ3v) is 11.5. The third-order valence-electron chi connectivity index (χ3n) is 7.66. The molecule has 4 rings (SSSR count). The second-order valence-corrected chi connectivity index (χ2v) is 16.5. The number of nitrogens with zero attached hydrogens (tertiary/aromatic N) is 2. The number of amides is 4. The van der Waals surface area contributed by atoms with Gasteiger partial charge in [-0.3, -0.25) is 24.6 Å². The molecule has 0 aliphatic carbocycles. The number of hydrogen-bond donors (Lipinski definition) is 3. The SMILES string of the molecule is CCCN(C(=O)N[C@@H](CSCC(C)C)C(=O)NS(=O)(=O)c1ccc(NCCSc2ccccc2)c([N+](=O)[O-])c1)C(=O)c1cccc(C#Cc2ccccc2)c1. The highest BCUT2D eigenvalue weighted by Crippen LogP contribution is 2.28. The van der Waals surface area contributed by atoms with Crippen molar-refractivity contribution in [2.45, 2.75) is 43.0 Å². The van der Waals surface area contributed by atoms with Crippen LogP contribution in [0.1, 0.15) is 48.7 Å². The molecule has 0 aliphatic rings. The Morgan fingerprint density at radius 1 is 0.873 bits per heavy atom. The average molecular weight is 802 g/mol. The minimum Gasteiger partial charge on any atom is -0.379 e. The topological polar surface area (TPSA) is 168 Å². The van der Waals surface area contributed by atoms with E-state index in [-0.39, 0.29) is 29.5 Å². The molecule has 4 aromatic rings. The number of nitro benzene ring substituents is 1. The van der Waals surface area contributed by atoms with Gasteiger partial charge in [0.2, 0.25) is 0 Å². The molecule has 0 aliphatic heterocycles. The van der Waals surface area contributed by atoms with E-state index in [1.807, 2.05) is 79.2 Å². The van der Waals surface area contributed by atoms with Crippen molar-refractivity contribution >= 4 is 62.8 Å². The van der Waals surface area contributed by atoms with E-state index in [1.165, 1.54) is 17.8 Å². The number of rotatable bonds is 17. The first-order valence-electron chi connectivity index (χ1n) is 17.5. The predicted molar refractivity (Wildman–Crippen MR) is 219 cm³/mol. The molecule has 0 heterocycles. The van der Waals surface area contributed by atoms with Gasteiger partial charge < -0.3 is 10.6 Å². The first-order valence-corrected chi connectivity index (χ1v) is 21.1. The third kappa shape index (κ3) is 13.2. The fourth-order valence-electron chi connectivity index (χ4n) is 5.01. The predicted octanol–water partition coefficient (Wildman–Crippen LogP) is 7.02. The Morgan fingerprint density at radius 2 is 1.55 bits per heavy atom. The van der Waals surface area contributed by atoms with Gasteiger partial charge in [-0.25, -0.2) is 17.9 Å². The average Bonchev–Trinajstić information content (AvgIpc) is 3.17. The number of hydrogen-bond acceptors (Lipinski definition) is 10. The number of benzene rings is 4. The Bertz CT molecular complexity index is 2120. The number of sulfonamides is 1. The fraction of sp³-hybridized carbons (Fsp3) is 0.275. The summed E-state index contributed by atoms with van der Waals surface area (Å²) in [4.78, 5) is 53.7. The molecule has 0 saturated carbocycles. The van der Waals surface area contributed by atoms with Crippen molar-refractivity contribution in [2.24, 2.45) is 5.92 Å². The van der Waals surface area contributed by atoms with Crippen molar-refractivity contribution in [3.05, 3.63) is 130 Å². The summed E-state index contributed by atoms with van der Waals surface area (Å²) in [5.74, 6) is 5.80. The molecule has 0 aromatic heterocycles. The second-order valence-electron chi connectivity index (χ2n) is 12.6. The van der Waals surface area contributed by atoms with E-state index in [4.69, 9.17) is 0 Å². The van der Waals surface area contributed by atoms with E-state index in [1.54, 1.807) is 43.0 Å². The molecule has 12 nitrogen and oxygen atoms in total. The number of imide groups is 1. The Morgan fingerprint density at radius 3 is 2.22 bits per heavy atom. The molecule has 0 unspecified atom stereocenters. The van der Waals surface area contributed by atoms with Gasteiger partial charge in [0, 0.05) is 52.2 Å². The van der Waals surface area contributed by atoms with Crippen LogP contribution < -0.4 is 15.4 Å². The number of carbonyl (C=O) groups excluding carboxylic acids is 3. The molecule has 0 radical (unpaired) electrons. The van der Waals surface area contributed by atoms with Crippen molar-refractivity contribution in [3.8, 4) is 11.8 Å². The molecular formula is C40H43N5O7S3. The monoisotopic (exact) mass is 801 g/mol. The lowest BCUT2D eigenvalue weighted by atomic mass is 10.1. The standard InChI is InChI=1S/C40H43N5O7S3/c1-4-23-44(39(47)32-15-11-14-31(25-32)19-18-30-12-7-5-8-13-30)40(48)42-36(28-53-27-29(2)3)38(46)43-55(51,52)34-20-21-35(37(26-34)45(49)50)41-22-24-54-33-16-9-6-10-17-33/h5-17,20-21,25-26,29,36,41H,4,22-24,27-28H2,1-3H3,(H,42,48)(H,43,46)/t36-/m0/s1. The van der Waals surface area contributed by atoms with Crippen LogP contribution in [-0.4, -0.2) is 72.5 Å². The fourth-order valence-corrected chi connectivity index (χ4v) is 7.92. The van der Waals surface area contributed by atoms with Crippen molar-refractivity contribution < 1.29 is 27.7 Å². The highest BCUT2D eigenvalue weighted by molar-refractivity contribution is 7.99. The zero-order valence-corrected chi connectivity index (χ0v) is 33.1. The summed E-state index contributed by atoms with van der Waals surface area (Å²) in [5.41, 5.74) is 1.19. The summed E-state index contributed by atoms with van der Waals surface area (Å²) in [6, 6.07) is 26.6. The van der Waals surface area contributed by atoms with Crippen molar-refractivity contribution in [3.63, 3.8) is 0 Å². The summed E-state index contributed by atoms with van der Waals surface area (Å²) in [7, 11) is -4.63.